The molecule has 0 atom stereocenters. The molecule has 2 rings (SSSR count). The Kier molecular flexibility index (Phi) is 3.79. The maximum absolute atomic E-state index is 12.0. The van der Waals surface area contributed by atoms with E-state index in [0.717, 1.165) is 5.56 Å². The number of nitrogens with zero attached hydrogens (tertiary/aromatic N) is 1. The number of aromatic carboxylic acids is 1. The van der Waals surface area contributed by atoms with Gasteiger partial charge in [-0.15, -0.1) is 0 Å². The molecule has 5 nitrogen and oxygen atoms in total. The fraction of sp³-hybridized carbons (Fsp3) is 0.133. The number of aryl methyl sites for hydroxylation is 1. The third kappa shape index (κ3) is 2.83. The van der Waals surface area contributed by atoms with E-state index >= 15 is 0 Å². The summed E-state index contributed by atoms with van der Waals surface area (Å²) in [4.78, 5) is 27.0. The molecule has 0 aliphatic heterocycles. The van der Waals surface area contributed by atoms with Gasteiger partial charge in [0.1, 0.15) is 0 Å². The predicted octanol–water partition coefficient (Wildman–Crippen LogP) is 2.65. The van der Waals surface area contributed by atoms with Gasteiger partial charge in [-0.3, -0.25) is 9.78 Å². The highest BCUT2D eigenvalue weighted by atomic mass is 16.4. The van der Waals surface area contributed by atoms with Crippen LogP contribution in [-0.4, -0.2) is 22.0 Å². The zero-order valence-electron chi connectivity index (χ0n) is 11.2. The fourth-order valence-electron chi connectivity index (χ4n) is 1.86. The molecule has 0 aliphatic carbocycles. The number of hydrogen-bond acceptors (Lipinski definition) is 3. The number of carbonyl (C=O) groups excluding carboxylic acids is 1. The van der Waals surface area contributed by atoms with Crippen LogP contribution in [0.1, 0.15) is 31.8 Å². The summed E-state index contributed by atoms with van der Waals surface area (Å²) in [6, 6.07) is 6.40. The molecule has 102 valence electrons. The van der Waals surface area contributed by atoms with E-state index in [4.69, 9.17) is 5.11 Å². The van der Waals surface area contributed by atoms with Crippen LogP contribution in [0.25, 0.3) is 0 Å². The first-order valence-electron chi connectivity index (χ1n) is 6.05. The number of carboxylic acids is 1. The van der Waals surface area contributed by atoms with Crippen LogP contribution in [0.2, 0.25) is 0 Å². The lowest BCUT2D eigenvalue weighted by molar-refractivity contribution is 0.0695. The van der Waals surface area contributed by atoms with Crippen LogP contribution in [0.5, 0.6) is 0 Å². The van der Waals surface area contributed by atoms with Crippen LogP contribution in [-0.2, 0) is 0 Å². The molecule has 2 N–H and O–H groups in total. The van der Waals surface area contributed by atoms with Gasteiger partial charge in [-0.2, -0.15) is 0 Å². The summed E-state index contributed by atoms with van der Waals surface area (Å²) < 4.78 is 0. The monoisotopic (exact) mass is 270 g/mol. The molecule has 20 heavy (non-hydrogen) atoms. The third-order valence-electron chi connectivity index (χ3n) is 3.10. The minimum atomic E-state index is -1.01. The summed E-state index contributed by atoms with van der Waals surface area (Å²) in [5, 5.41) is 11.8. The highest BCUT2D eigenvalue weighted by molar-refractivity contribution is 6.04. The molecule has 0 aliphatic rings. The van der Waals surface area contributed by atoms with Gasteiger partial charge in [0.15, 0.2) is 0 Å². The summed E-state index contributed by atoms with van der Waals surface area (Å²) in [6.45, 7) is 3.55. The van der Waals surface area contributed by atoms with Crippen LogP contribution in [0.4, 0.5) is 5.69 Å². The van der Waals surface area contributed by atoms with Gasteiger partial charge in [-0.1, -0.05) is 0 Å². The van der Waals surface area contributed by atoms with Crippen LogP contribution in [0.3, 0.4) is 0 Å². The van der Waals surface area contributed by atoms with Crippen molar-refractivity contribution in [1.29, 1.82) is 0 Å². The quantitative estimate of drug-likeness (QED) is 0.898. The topological polar surface area (TPSA) is 79.3 Å². The second-order valence-electron chi connectivity index (χ2n) is 4.46. The Bertz CT molecular complexity index is 666. The molecular weight excluding hydrogens is 256 g/mol. The van der Waals surface area contributed by atoms with Gasteiger partial charge in [-0.05, 0) is 49.2 Å². The largest absolute Gasteiger partial charge is 0.478 e. The maximum atomic E-state index is 12.0. The summed E-state index contributed by atoms with van der Waals surface area (Å²) in [6.07, 6.45) is 3.05. The molecule has 5 heteroatoms. The summed E-state index contributed by atoms with van der Waals surface area (Å²) in [5.74, 6) is -1.31. The molecule has 1 aromatic heterocycles. The average molecular weight is 270 g/mol. The predicted molar refractivity (Wildman–Crippen MR) is 75.1 cm³/mol. The zero-order valence-corrected chi connectivity index (χ0v) is 11.2. The van der Waals surface area contributed by atoms with Crippen molar-refractivity contribution in [3.05, 3.63) is 58.9 Å². The molecule has 0 saturated heterocycles. The Morgan fingerprint density at radius 2 is 1.80 bits per heavy atom. The molecule has 0 unspecified atom stereocenters. The maximum Gasteiger partial charge on any atom is 0.336 e. The van der Waals surface area contributed by atoms with Crippen molar-refractivity contribution in [3.8, 4) is 0 Å². The van der Waals surface area contributed by atoms with Crippen molar-refractivity contribution < 1.29 is 14.7 Å². The number of carboxylic acid groups (broad SMARTS) is 1. The second kappa shape index (κ2) is 5.52. The highest BCUT2D eigenvalue weighted by Gasteiger charge is 2.12. The molecule has 0 fully saturated rings. The number of pyridine rings is 1. The number of rotatable bonds is 3. The van der Waals surface area contributed by atoms with Crippen LogP contribution >= 0.6 is 0 Å². The van der Waals surface area contributed by atoms with Crippen LogP contribution in [0, 0.1) is 13.8 Å². The normalized spacial score (nSPS) is 10.1. The van der Waals surface area contributed by atoms with Crippen molar-refractivity contribution in [2.75, 3.05) is 5.32 Å². The Balaban J connectivity index is 2.31. The lowest BCUT2D eigenvalue weighted by Crippen LogP contribution is -2.13. The van der Waals surface area contributed by atoms with Gasteiger partial charge in [0.05, 0.1) is 5.56 Å². The van der Waals surface area contributed by atoms with E-state index in [1.54, 1.807) is 25.1 Å². The number of aromatic nitrogens is 1. The van der Waals surface area contributed by atoms with E-state index in [2.05, 4.69) is 10.3 Å². The minimum absolute atomic E-state index is 0.190. The Hall–Kier alpha value is -2.69. The van der Waals surface area contributed by atoms with Crippen molar-refractivity contribution in [3.63, 3.8) is 0 Å². The molecule has 1 aromatic carbocycles. The van der Waals surface area contributed by atoms with Gasteiger partial charge in [-0.25, -0.2) is 4.79 Å². The van der Waals surface area contributed by atoms with E-state index in [0.29, 0.717) is 16.8 Å². The lowest BCUT2D eigenvalue weighted by Gasteiger charge is -2.10. The smallest absolute Gasteiger partial charge is 0.336 e. The number of anilines is 1. The number of carbonyl (C=O) groups is 2. The zero-order chi connectivity index (χ0) is 14.7. The summed E-state index contributed by atoms with van der Waals surface area (Å²) in [5.41, 5.74) is 2.63. The van der Waals surface area contributed by atoms with Crippen LogP contribution in [0.15, 0.2) is 36.7 Å². The van der Waals surface area contributed by atoms with E-state index in [1.165, 1.54) is 18.5 Å². The van der Waals surface area contributed by atoms with Crippen molar-refractivity contribution in [1.82, 2.24) is 4.98 Å². The standard InChI is InChI=1S/C15H14N2O3/c1-9-7-12(8-13(10(9)2)15(19)20)17-14(18)11-3-5-16-6-4-11/h3-8H,1-2H3,(H,17,18)(H,19,20). The van der Waals surface area contributed by atoms with Gasteiger partial charge in [0.2, 0.25) is 0 Å². The molecule has 0 saturated carbocycles. The van der Waals surface area contributed by atoms with E-state index in [-0.39, 0.29) is 11.5 Å². The van der Waals surface area contributed by atoms with Gasteiger partial charge < -0.3 is 10.4 Å². The number of hydrogen-bond donors (Lipinski definition) is 2. The molecular formula is C15H14N2O3. The molecule has 0 bridgehead atoms. The lowest BCUT2D eigenvalue weighted by atomic mass is 10.0. The molecule has 0 spiro atoms. The number of nitrogens with one attached hydrogen (secondary N) is 1. The van der Waals surface area contributed by atoms with Gasteiger partial charge in [0.25, 0.3) is 5.91 Å². The molecule has 0 radical (unpaired) electrons. The number of amides is 1. The first-order valence-corrected chi connectivity index (χ1v) is 6.05. The van der Waals surface area contributed by atoms with Crippen molar-refractivity contribution in [2.45, 2.75) is 13.8 Å². The van der Waals surface area contributed by atoms with E-state index in [9.17, 15) is 9.59 Å². The van der Waals surface area contributed by atoms with Crippen LogP contribution < -0.4 is 5.32 Å². The van der Waals surface area contributed by atoms with E-state index in [1.807, 2.05) is 6.92 Å². The van der Waals surface area contributed by atoms with E-state index < -0.39 is 5.97 Å². The van der Waals surface area contributed by atoms with Gasteiger partial charge >= 0.3 is 5.97 Å². The number of benzene rings is 1. The van der Waals surface area contributed by atoms with Crippen molar-refractivity contribution >= 4 is 17.6 Å². The first-order chi connectivity index (χ1) is 9.49. The fourth-order valence-corrected chi connectivity index (χ4v) is 1.86. The van der Waals surface area contributed by atoms with Crippen molar-refractivity contribution in [2.24, 2.45) is 0 Å². The molecule has 2 aromatic rings. The van der Waals surface area contributed by atoms with Gasteiger partial charge in [0, 0.05) is 23.6 Å². The Morgan fingerprint density at radius 3 is 2.40 bits per heavy atom. The SMILES string of the molecule is Cc1cc(NC(=O)c2ccncc2)cc(C(=O)O)c1C. The minimum Gasteiger partial charge on any atom is -0.478 e. The second-order valence-corrected chi connectivity index (χ2v) is 4.46. The average Bonchev–Trinajstić information content (AvgIpc) is 2.43. The first kappa shape index (κ1) is 13.7. The highest BCUT2D eigenvalue weighted by Crippen LogP contribution is 2.20. The Morgan fingerprint density at radius 1 is 1.15 bits per heavy atom. The molecule has 1 amide bonds. The Labute approximate surface area is 116 Å². The molecule has 1 heterocycles. The third-order valence-corrected chi connectivity index (χ3v) is 3.10. The summed E-state index contributed by atoms with van der Waals surface area (Å²) >= 11 is 0. The summed E-state index contributed by atoms with van der Waals surface area (Å²) in [7, 11) is 0.